The summed E-state index contributed by atoms with van der Waals surface area (Å²) in [6.07, 6.45) is 3.49. The van der Waals surface area contributed by atoms with Crippen LogP contribution in [-0.4, -0.2) is 36.7 Å². The molecule has 0 spiro atoms. The summed E-state index contributed by atoms with van der Waals surface area (Å²) in [5.74, 6) is 1.52. The van der Waals surface area contributed by atoms with Gasteiger partial charge in [0.15, 0.2) is 0 Å². The van der Waals surface area contributed by atoms with E-state index in [-0.39, 0.29) is 0 Å². The Morgan fingerprint density at radius 3 is 1.40 bits per heavy atom. The van der Waals surface area contributed by atoms with Gasteiger partial charge in [-0.15, -0.1) is 0 Å². The molecule has 188 valence electrons. The molecular weight excluding hydrogens is 448 g/mol. The molecule has 0 radical (unpaired) electrons. The number of carbonyl (C=O) groups is 2. The number of nitrogens with two attached hydrogens (primary N) is 2. The first kappa shape index (κ1) is 27.2. The van der Waals surface area contributed by atoms with Crippen molar-refractivity contribution in [1.82, 2.24) is 10.9 Å². The molecule has 0 saturated heterocycles. The Morgan fingerprint density at radius 2 is 1.09 bits per heavy atom. The summed E-state index contributed by atoms with van der Waals surface area (Å²) in [6.45, 7) is 5.35. The molecular formula is C25H34N6O4. The largest absolute Gasteiger partial charge is 0.494 e. The Morgan fingerprint density at radius 1 is 0.714 bits per heavy atom. The summed E-state index contributed by atoms with van der Waals surface area (Å²) >= 11 is 0. The molecule has 0 bridgehead atoms. The third kappa shape index (κ3) is 10.2. The smallest absolute Gasteiger partial charge is 0.332 e. The summed E-state index contributed by atoms with van der Waals surface area (Å²) < 4.78 is 11.3. The van der Waals surface area contributed by atoms with E-state index in [1.165, 1.54) is 0 Å². The van der Waals surface area contributed by atoms with Crippen LogP contribution in [0.1, 0.15) is 57.1 Å². The molecule has 0 aromatic heterocycles. The lowest BCUT2D eigenvalue weighted by Gasteiger charge is -2.11. The van der Waals surface area contributed by atoms with E-state index >= 15 is 0 Å². The quantitative estimate of drug-likeness (QED) is 0.238. The van der Waals surface area contributed by atoms with E-state index in [1.807, 2.05) is 62.4 Å². The van der Waals surface area contributed by atoms with E-state index < -0.39 is 12.1 Å². The molecule has 35 heavy (non-hydrogen) atoms. The van der Waals surface area contributed by atoms with E-state index in [2.05, 4.69) is 21.1 Å². The van der Waals surface area contributed by atoms with Gasteiger partial charge in [-0.05, 0) is 91.8 Å². The van der Waals surface area contributed by atoms with Crippen molar-refractivity contribution in [2.45, 2.75) is 46.0 Å². The average Bonchev–Trinajstić information content (AvgIpc) is 2.86. The molecule has 0 aliphatic rings. The number of urea groups is 2. The van der Waals surface area contributed by atoms with Gasteiger partial charge in [-0.1, -0.05) is 13.8 Å². The van der Waals surface area contributed by atoms with Crippen LogP contribution in [0.4, 0.5) is 9.59 Å². The molecule has 2 aromatic rings. The van der Waals surface area contributed by atoms with Crippen LogP contribution in [0.25, 0.3) is 0 Å². The van der Waals surface area contributed by atoms with Crippen molar-refractivity contribution >= 4 is 23.5 Å². The maximum Gasteiger partial charge on any atom is 0.332 e. The van der Waals surface area contributed by atoms with Crippen LogP contribution in [0, 0.1) is 0 Å². The second kappa shape index (κ2) is 14.9. The number of nitrogens with one attached hydrogen (secondary N) is 2. The number of ether oxygens (including phenoxy) is 2. The van der Waals surface area contributed by atoms with Crippen LogP contribution >= 0.6 is 0 Å². The Labute approximate surface area is 205 Å². The highest BCUT2D eigenvalue weighted by Crippen LogP contribution is 2.18. The number of nitrogens with zero attached hydrogens (tertiary/aromatic N) is 2. The topological polar surface area (TPSA) is 153 Å². The monoisotopic (exact) mass is 482 g/mol. The molecule has 10 heteroatoms. The van der Waals surface area contributed by atoms with Gasteiger partial charge in [0.05, 0.1) is 24.6 Å². The third-order valence-electron chi connectivity index (χ3n) is 4.75. The summed E-state index contributed by atoms with van der Waals surface area (Å²) in [5.41, 5.74) is 18.0. The van der Waals surface area contributed by atoms with Crippen LogP contribution in [-0.2, 0) is 0 Å². The molecule has 0 atom stereocenters. The minimum Gasteiger partial charge on any atom is -0.494 e. The predicted molar refractivity (Wildman–Crippen MR) is 137 cm³/mol. The molecule has 0 saturated carbocycles. The fraction of sp³-hybridized carbons (Fsp3) is 0.360. The molecule has 10 nitrogen and oxygen atoms in total. The predicted octanol–water partition coefficient (Wildman–Crippen LogP) is 3.88. The Kier molecular flexibility index (Phi) is 11.6. The average molecular weight is 483 g/mol. The standard InChI is InChI=1S/C25H34N6O4/c1-3-16-34-20-12-8-18(9-13-20)22(28-30-24(26)32)6-5-7-23(29-31-25(27)33)19-10-14-21(15-11-19)35-17-4-2/h8-15H,3-7,16-17H2,1-2H3,(H3,26,30,32)(H3,27,31,33)/b28-22+,29-23+. The Hall–Kier alpha value is -4.08. The van der Waals surface area contributed by atoms with E-state index in [4.69, 9.17) is 20.9 Å². The zero-order valence-corrected chi connectivity index (χ0v) is 20.3. The van der Waals surface area contributed by atoms with Crippen molar-refractivity contribution < 1.29 is 19.1 Å². The Balaban J connectivity index is 2.13. The molecule has 4 amide bonds. The second-order valence-corrected chi connectivity index (χ2v) is 7.67. The first-order valence-corrected chi connectivity index (χ1v) is 11.6. The fourth-order valence-corrected chi connectivity index (χ4v) is 3.12. The van der Waals surface area contributed by atoms with E-state index in [9.17, 15) is 9.59 Å². The summed E-state index contributed by atoms with van der Waals surface area (Å²) in [7, 11) is 0. The van der Waals surface area contributed by atoms with Crippen molar-refractivity contribution in [3.05, 3.63) is 59.7 Å². The van der Waals surface area contributed by atoms with Crippen LogP contribution in [0.5, 0.6) is 11.5 Å². The molecule has 0 fully saturated rings. The number of hydrogen-bond donors (Lipinski definition) is 4. The van der Waals surface area contributed by atoms with Gasteiger partial charge in [0.2, 0.25) is 0 Å². The highest BCUT2D eigenvalue weighted by Gasteiger charge is 2.10. The molecule has 0 aliphatic carbocycles. The van der Waals surface area contributed by atoms with Gasteiger partial charge in [0.25, 0.3) is 0 Å². The van der Waals surface area contributed by atoms with Crippen molar-refractivity contribution in [3.8, 4) is 11.5 Å². The summed E-state index contributed by atoms with van der Waals surface area (Å²) in [4.78, 5) is 22.4. The third-order valence-corrected chi connectivity index (χ3v) is 4.75. The lowest BCUT2D eigenvalue weighted by Crippen LogP contribution is -2.26. The first-order chi connectivity index (χ1) is 16.9. The van der Waals surface area contributed by atoms with Crippen LogP contribution in [0.15, 0.2) is 58.7 Å². The molecule has 2 aromatic carbocycles. The number of carbonyl (C=O) groups excluding carboxylic acids is 2. The van der Waals surface area contributed by atoms with Gasteiger partial charge in [-0.25, -0.2) is 20.4 Å². The van der Waals surface area contributed by atoms with Crippen molar-refractivity contribution in [2.75, 3.05) is 13.2 Å². The molecule has 0 aliphatic heterocycles. The zero-order chi connectivity index (χ0) is 25.5. The SMILES string of the molecule is CCCOc1ccc(/C(CCC/C(=N\NC(N)=O)c2ccc(OCCC)cc2)=N/NC(N)=O)cc1. The maximum absolute atomic E-state index is 11.2. The molecule has 2 rings (SSSR count). The van der Waals surface area contributed by atoms with Gasteiger partial charge < -0.3 is 20.9 Å². The number of rotatable bonds is 14. The first-order valence-electron chi connectivity index (χ1n) is 11.6. The van der Waals surface area contributed by atoms with E-state index in [1.54, 1.807) is 0 Å². The highest BCUT2D eigenvalue weighted by molar-refractivity contribution is 6.03. The van der Waals surface area contributed by atoms with Crippen LogP contribution < -0.4 is 31.8 Å². The van der Waals surface area contributed by atoms with Gasteiger partial charge in [0.1, 0.15) is 11.5 Å². The second-order valence-electron chi connectivity index (χ2n) is 7.67. The van der Waals surface area contributed by atoms with Crippen molar-refractivity contribution in [1.29, 1.82) is 0 Å². The number of amides is 4. The fourth-order valence-electron chi connectivity index (χ4n) is 3.12. The van der Waals surface area contributed by atoms with Crippen LogP contribution in [0.3, 0.4) is 0 Å². The molecule has 0 heterocycles. The lowest BCUT2D eigenvalue weighted by molar-refractivity contribution is 0.248. The summed E-state index contributed by atoms with van der Waals surface area (Å²) in [6, 6.07) is 13.5. The van der Waals surface area contributed by atoms with Gasteiger partial charge in [-0.2, -0.15) is 10.2 Å². The minimum atomic E-state index is -0.747. The number of primary amides is 2. The minimum absolute atomic E-state index is 0.517. The molecule has 6 N–H and O–H groups in total. The van der Waals surface area contributed by atoms with E-state index in [0.29, 0.717) is 43.9 Å². The maximum atomic E-state index is 11.2. The van der Waals surface area contributed by atoms with Gasteiger partial charge >= 0.3 is 12.1 Å². The number of hydrogen-bond acceptors (Lipinski definition) is 6. The van der Waals surface area contributed by atoms with E-state index in [0.717, 1.165) is 35.5 Å². The van der Waals surface area contributed by atoms with Gasteiger partial charge in [-0.3, -0.25) is 0 Å². The van der Waals surface area contributed by atoms with Gasteiger partial charge in [0, 0.05) is 0 Å². The lowest BCUT2D eigenvalue weighted by atomic mass is 10.0. The molecule has 0 unspecified atom stereocenters. The van der Waals surface area contributed by atoms with Crippen molar-refractivity contribution in [2.24, 2.45) is 21.7 Å². The van der Waals surface area contributed by atoms with Crippen LogP contribution in [0.2, 0.25) is 0 Å². The zero-order valence-electron chi connectivity index (χ0n) is 20.3. The van der Waals surface area contributed by atoms with Crippen molar-refractivity contribution in [3.63, 3.8) is 0 Å². The number of benzene rings is 2. The highest BCUT2D eigenvalue weighted by atomic mass is 16.5. The normalized spacial score (nSPS) is 11.6. The number of hydrazone groups is 2. The summed E-state index contributed by atoms with van der Waals surface area (Å²) in [5, 5.41) is 8.35. The Bertz CT molecular complexity index is 922.